The number of guanidine groups is 1. The third-order valence-corrected chi connectivity index (χ3v) is 1.96. The molecular formula is C5H9N6O5P. The van der Waals surface area contributed by atoms with Crippen LogP contribution in [0.5, 0.6) is 0 Å². The monoisotopic (exact) mass is 264 g/mol. The van der Waals surface area contributed by atoms with Gasteiger partial charge < -0.3 is 16.1 Å². The van der Waals surface area contributed by atoms with E-state index in [1.165, 1.54) is 6.07 Å². The van der Waals surface area contributed by atoms with Gasteiger partial charge in [-0.3, -0.25) is 10.3 Å². The van der Waals surface area contributed by atoms with Crippen molar-refractivity contribution < 1.29 is 18.7 Å². The highest BCUT2D eigenvalue weighted by atomic mass is 31.2. The summed E-state index contributed by atoms with van der Waals surface area (Å²) in [5, 5.41) is 6.68. The van der Waals surface area contributed by atoms with Crippen LogP contribution < -0.4 is 27.3 Å². The van der Waals surface area contributed by atoms with Crippen molar-refractivity contribution in [3.63, 3.8) is 0 Å². The summed E-state index contributed by atoms with van der Waals surface area (Å²) in [4.78, 5) is 23.5. The van der Waals surface area contributed by atoms with Crippen molar-refractivity contribution in [1.29, 1.82) is 5.41 Å². The van der Waals surface area contributed by atoms with Crippen LogP contribution >= 0.6 is 7.82 Å². The highest BCUT2D eigenvalue weighted by Gasteiger charge is 2.25. The third-order valence-electron chi connectivity index (χ3n) is 1.26. The van der Waals surface area contributed by atoms with Crippen molar-refractivity contribution in [1.82, 2.24) is 15.2 Å². The molecule has 0 amide bonds. The zero-order chi connectivity index (χ0) is 13.1. The number of nitrogens with two attached hydrogens (primary N) is 2. The molecule has 0 aromatic carbocycles. The van der Waals surface area contributed by atoms with Gasteiger partial charge in [0.2, 0.25) is 5.96 Å². The largest absolute Gasteiger partial charge is 0.568 e. The Kier molecular flexibility index (Phi) is 3.68. The summed E-state index contributed by atoms with van der Waals surface area (Å²) in [5.74, 6) is -0.795. The lowest BCUT2D eigenvalue weighted by Gasteiger charge is -2.12. The number of hydrogen-bond acceptors (Lipinski definition) is 7. The van der Waals surface area contributed by atoms with E-state index in [2.05, 4.69) is 14.2 Å². The first kappa shape index (κ1) is 13.0. The zero-order valence-electron chi connectivity index (χ0n) is 8.23. The number of phosphoric acid groups is 1. The minimum Gasteiger partial charge on any atom is -0.383 e. The highest BCUT2D eigenvalue weighted by molar-refractivity contribution is 7.47. The maximum Gasteiger partial charge on any atom is 0.568 e. The number of nitrogen functional groups attached to an aromatic ring is 1. The number of anilines is 1. The fourth-order valence-corrected chi connectivity index (χ4v) is 1.30. The maximum atomic E-state index is 11.2. The lowest BCUT2D eigenvalue weighted by Crippen LogP contribution is -2.33. The highest BCUT2D eigenvalue weighted by Crippen LogP contribution is 2.37. The van der Waals surface area contributed by atoms with E-state index in [4.69, 9.17) is 21.8 Å². The third kappa shape index (κ3) is 4.10. The van der Waals surface area contributed by atoms with Crippen molar-refractivity contribution >= 4 is 19.6 Å². The number of hydrogen-bond donors (Lipinski definition) is 5. The Morgan fingerprint density at radius 3 is 2.88 bits per heavy atom. The van der Waals surface area contributed by atoms with Crippen LogP contribution in [0.15, 0.2) is 17.1 Å². The molecule has 0 aliphatic rings. The summed E-state index contributed by atoms with van der Waals surface area (Å²) >= 11 is 0. The predicted octanol–water partition coefficient (Wildman–Crippen LogP) is -2.23. The summed E-state index contributed by atoms with van der Waals surface area (Å²) in [5.41, 5.74) is 10.6. The molecule has 7 N–H and O–H groups in total. The molecule has 0 radical (unpaired) electrons. The molecule has 1 heterocycles. The average Bonchev–Trinajstić information content (AvgIpc) is 2.20. The Hall–Kier alpha value is -2.10. The van der Waals surface area contributed by atoms with Gasteiger partial charge in [-0.05, 0) is 0 Å². The lowest BCUT2D eigenvalue weighted by atomic mass is 10.6. The molecule has 0 fully saturated rings. The van der Waals surface area contributed by atoms with E-state index < -0.39 is 19.5 Å². The standard InChI is InChI=1S/C5H9N6O5P/c6-3-1-2-11(5(12)9-3)16-17(13,14)15-10-4(7)8/h1-2H,(H,13,14)(H2,6,9,12)(H4,7,8,10). The van der Waals surface area contributed by atoms with Gasteiger partial charge in [0.05, 0.1) is 6.20 Å². The lowest BCUT2D eigenvalue weighted by molar-refractivity contribution is 0.109. The Bertz CT molecular complexity index is 528. The van der Waals surface area contributed by atoms with Crippen LogP contribution in [-0.2, 0) is 9.19 Å². The molecule has 1 unspecified atom stereocenters. The first-order valence-electron chi connectivity index (χ1n) is 3.97. The van der Waals surface area contributed by atoms with E-state index in [9.17, 15) is 9.36 Å². The molecule has 0 bridgehead atoms. The number of nitrogens with one attached hydrogen (secondary N) is 2. The van der Waals surface area contributed by atoms with Crippen LogP contribution in [0.3, 0.4) is 0 Å². The molecule has 17 heavy (non-hydrogen) atoms. The van der Waals surface area contributed by atoms with Crippen molar-refractivity contribution in [2.24, 2.45) is 5.73 Å². The molecule has 1 aromatic rings. The van der Waals surface area contributed by atoms with Gasteiger partial charge in [0.1, 0.15) is 5.82 Å². The molecule has 0 aliphatic heterocycles. The summed E-state index contributed by atoms with van der Waals surface area (Å²) < 4.78 is 19.9. The van der Waals surface area contributed by atoms with Crippen LogP contribution in [0.25, 0.3) is 0 Å². The molecule has 12 heteroatoms. The van der Waals surface area contributed by atoms with Gasteiger partial charge >= 0.3 is 13.5 Å². The van der Waals surface area contributed by atoms with Crippen LogP contribution in [0.1, 0.15) is 0 Å². The number of aromatic nitrogens is 2. The molecule has 1 aromatic heterocycles. The molecular weight excluding hydrogens is 255 g/mol. The number of nitrogens with zero attached hydrogens (tertiary/aromatic N) is 2. The van der Waals surface area contributed by atoms with E-state index in [1.54, 1.807) is 5.48 Å². The molecule has 0 spiro atoms. The SMILES string of the molecule is N=C(N)NOP(=O)(O)On1ccc(N)nc1=O. The number of hydroxylamine groups is 1. The molecule has 94 valence electrons. The van der Waals surface area contributed by atoms with Crippen molar-refractivity contribution in [2.75, 3.05) is 5.73 Å². The van der Waals surface area contributed by atoms with E-state index in [0.29, 0.717) is 4.73 Å². The zero-order valence-corrected chi connectivity index (χ0v) is 9.13. The summed E-state index contributed by atoms with van der Waals surface area (Å²) in [6.45, 7) is 0. The van der Waals surface area contributed by atoms with Crippen LogP contribution in [0, 0.1) is 5.41 Å². The average molecular weight is 264 g/mol. The minimum atomic E-state index is -4.66. The molecule has 0 saturated heterocycles. The second-order valence-electron chi connectivity index (χ2n) is 2.62. The minimum absolute atomic E-state index is 0.0783. The second-order valence-corrected chi connectivity index (χ2v) is 3.90. The topological polar surface area (TPSA) is 179 Å². The van der Waals surface area contributed by atoms with Crippen LogP contribution in [0.2, 0.25) is 0 Å². The number of rotatable bonds is 4. The molecule has 0 saturated carbocycles. The predicted molar refractivity (Wildman–Crippen MR) is 55.4 cm³/mol. The van der Waals surface area contributed by atoms with Gasteiger partial charge in [0.15, 0.2) is 0 Å². The van der Waals surface area contributed by atoms with E-state index in [1.807, 2.05) is 0 Å². The Labute approximate surface area is 94.0 Å². The summed E-state index contributed by atoms with van der Waals surface area (Å²) in [6.07, 6.45) is 0.977. The van der Waals surface area contributed by atoms with Gasteiger partial charge in [0.25, 0.3) is 0 Å². The second kappa shape index (κ2) is 4.82. The fraction of sp³-hybridized carbons (Fsp3) is 0. The Morgan fingerprint density at radius 1 is 1.71 bits per heavy atom. The van der Waals surface area contributed by atoms with Gasteiger partial charge in [0, 0.05) is 6.07 Å². The summed E-state index contributed by atoms with van der Waals surface area (Å²) in [7, 11) is -4.66. The fourth-order valence-electron chi connectivity index (χ4n) is 0.702. The summed E-state index contributed by atoms with van der Waals surface area (Å²) in [6, 6.07) is 1.17. The first-order valence-corrected chi connectivity index (χ1v) is 5.46. The van der Waals surface area contributed by atoms with Gasteiger partial charge in [-0.1, -0.05) is 0 Å². The van der Waals surface area contributed by atoms with Crippen LogP contribution in [-0.4, -0.2) is 20.6 Å². The molecule has 0 aliphatic carbocycles. The van der Waals surface area contributed by atoms with Crippen molar-refractivity contribution in [2.45, 2.75) is 0 Å². The molecule has 1 rings (SSSR count). The van der Waals surface area contributed by atoms with E-state index in [-0.39, 0.29) is 5.82 Å². The maximum absolute atomic E-state index is 11.2. The first-order chi connectivity index (χ1) is 7.80. The smallest absolute Gasteiger partial charge is 0.383 e. The van der Waals surface area contributed by atoms with Gasteiger partial charge in [-0.15, -0.1) is 4.73 Å². The Balaban J connectivity index is 2.79. The molecule has 1 atom stereocenters. The Morgan fingerprint density at radius 2 is 2.35 bits per heavy atom. The van der Waals surface area contributed by atoms with Gasteiger partial charge in [-0.2, -0.15) is 9.61 Å². The molecule has 11 nitrogen and oxygen atoms in total. The van der Waals surface area contributed by atoms with Gasteiger partial charge in [-0.25, -0.2) is 14.8 Å². The quantitative estimate of drug-likeness (QED) is 0.174. The van der Waals surface area contributed by atoms with E-state index in [0.717, 1.165) is 6.20 Å². The normalized spacial score (nSPS) is 13.7. The van der Waals surface area contributed by atoms with Crippen molar-refractivity contribution in [3.05, 3.63) is 22.7 Å². The van der Waals surface area contributed by atoms with E-state index >= 15 is 0 Å². The van der Waals surface area contributed by atoms with Crippen molar-refractivity contribution in [3.8, 4) is 0 Å². The van der Waals surface area contributed by atoms with Crippen LogP contribution in [0.4, 0.5) is 5.82 Å².